The fourth-order valence-corrected chi connectivity index (χ4v) is 4.11. The van der Waals surface area contributed by atoms with Crippen molar-refractivity contribution in [3.63, 3.8) is 0 Å². The van der Waals surface area contributed by atoms with Gasteiger partial charge < -0.3 is 0 Å². The minimum Gasteiger partial charge on any atom is -0.284 e. The van der Waals surface area contributed by atoms with Crippen molar-refractivity contribution in [3.8, 4) is 0 Å². The van der Waals surface area contributed by atoms with Gasteiger partial charge in [0.1, 0.15) is 11.6 Å². The number of nitrogens with zero attached hydrogens (tertiary/aromatic N) is 2. The second-order valence-electron chi connectivity index (χ2n) is 7.14. The van der Waals surface area contributed by atoms with E-state index in [0.717, 1.165) is 35.0 Å². The van der Waals surface area contributed by atoms with E-state index in [-0.39, 0.29) is 23.4 Å². The van der Waals surface area contributed by atoms with Crippen LogP contribution in [0, 0.1) is 11.6 Å². The van der Waals surface area contributed by atoms with Gasteiger partial charge in [0.2, 0.25) is 11.8 Å². The molecule has 2 aliphatic rings. The van der Waals surface area contributed by atoms with E-state index in [1.807, 2.05) is 12.1 Å². The van der Waals surface area contributed by atoms with Gasteiger partial charge in [0.05, 0.1) is 11.0 Å². The van der Waals surface area contributed by atoms with E-state index in [1.54, 1.807) is 21.3 Å². The zero-order valence-electron chi connectivity index (χ0n) is 14.9. The Balaban J connectivity index is 0.000000122. The molecule has 0 saturated heterocycles. The summed E-state index contributed by atoms with van der Waals surface area (Å²) in [6.45, 7) is 0. The number of carbonyl (C=O) groups excluding carboxylic acids is 2. The maximum atomic E-state index is 13.0. The molecule has 140 valence electrons. The van der Waals surface area contributed by atoms with Crippen LogP contribution in [0.2, 0.25) is 0 Å². The maximum Gasteiger partial charge on any atom is 0.231 e. The monoisotopic (exact) mass is 378 g/mol. The molecule has 4 nitrogen and oxygen atoms in total. The van der Waals surface area contributed by atoms with Crippen LogP contribution in [0.4, 0.5) is 8.78 Å². The lowest BCUT2D eigenvalue weighted by Crippen LogP contribution is -2.02. The number of fused-ring (bicyclic) bond motifs is 6. The molecule has 0 saturated carbocycles. The van der Waals surface area contributed by atoms with Crippen LogP contribution in [0.15, 0.2) is 48.5 Å². The molecular formula is C22H16F2N2O2. The van der Waals surface area contributed by atoms with Crippen LogP contribution in [-0.4, -0.2) is 20.9 Å². The van der Waals surface area contributed by atoms with E-state index in [0.29, 0.717) is 23.9 Å². The number of benzene rings is 2. The first kappa shape index (κ1) is 16.9. The molecule has 0 amide bonds. The van der Waals surface area contributed by atoms with Crippen molar-refractivity contribution in [2.75, 3.05) is 0 Å². The fraction of sp³-hybridized carbons (Fsp3) is 0.182. The van der Waals surface area contributed by atoms with Crippen LogP contribution in [0.3, 0.4) is 0 Å². The Labute approximate surface area is 159 Å². The lowest BCUT2D eigenvalue weighted by molar-refractivity contribution is 0.0920. The molecule has 0 unspecified atom stereocenters. The van der Waals surface area contributed by atoms with Crippen LogP contribution < -0.4 is 0 Å². The lowest BCUT2D eigenvalue weighted by atomic mass is 10.2. The van der Waals surface area contributed by atoms with Gasteiger partial charge in [0, 0.05) is 35.0 Å². The van der Waals surface area contributed by atoms with Crippen molar-refractivity contribution >= 4 is 33.6 Å². The largest absolute Gasteiger partial charge is 0.284 e. The number of halogens is 2. The van der Waals surface area contributed by atoms with E-state index in [4.69, 9.17) is 0 Å². The first-order chi connectivity index (χ1) is 13.5. The van der Waals surface area contributed by atoms with Gasteiger partial charge in [-0.3, -0.25) is 18.7 Å². The predicted octanol–water partition coefficient (Wildman–Crippen LogP) is 4.73. The average molecular weight is 378 g/mol. The summed E-state index contributed by atoms with van der Waals surface area (Å²) in [5.74, 6) is -0.447. The van der Waals surface area contributed by atoms with Crippen LogP contribution in [0.5, 0.6) is 0 Å². The Morgan fingerprint density at radius 1 is 0.607 bits per heavy atom. The first-order valence-electron chi connectivity index (χ1n) is 9.17. The number of aromatic nitrogens is 2. The van der Waals surface area contributed by atoms with Crippen molar-refractivity contribution in [2.24, 2.45) is 0 Å². The lowest BCUT2D eigenvalue weighted by Gasteiger charge is -1.98. The second-order valence-corrected chi connectivity index (χ2v) is 7.14. The quantitative estimate of drug-likeness (QED) is 0.444. The summed E-state index contributed by atoms with van der Waals surface area (Å²) in [5, 5.41) is 1.88. The summed E-state index contributed by atoms with van der Waals surface area (Å²) in [6, 6.07) is 13.0. The second kappa shape index (κ2) is 6.12. The Morgan fingerprint density at radius 3 is 1.46 bits per heavy atom. The van der Waals surface area contributed by atoms with Gasteiger partial charge in [-0.25, -0.2) is 8.78 Å². The standard InChI is InChI=1S/2C11H8FNO/c2*12-8-2-1-7-5-9-3-4-11(14)13(9)10(7)6-8/h2*1-2,5-6H,3-4H2. The van der Waals surface area contributed by atoms with Crippen LogP contribution in [-0.2, 0) is 12.8 Å². The topological polar surface area (TPSA) is 44.0 Å². The van der Waals surface area contributed by atoms with Crippen molar-refractivity contribution in [3.05, 3.63) is 71.6 Å². The molecule has 28 heavy (non-hydrogen) atoms. The molecule has 6 heteroatoms. The van der Waals surface area contributed by atoms with Gasteiger partial charge in [-0.15, -0.1) is 0 Å². The van der Waals surface area contributed by atoms with Crippen molar-refractivity contribution in [2.45, 2.75) is 25.7 Å². The Hall–Kier alpha value is -3.28. The van der Waals surface area contributed by atoms with Crippen LogP contribution in [0.25, 0.3) is 21.8 Å². The highest BCUT2D eigenvalue weighted by atomic mass is 19.1. The molecule has 0 atom stereocenters. The number of hydrogen-bond donors (Lipinski definition) is 0. The molecule has 0 bridgehead atoms. The molecule has 0 radical (unpaired) electrons. The van der Waals surface area contributed by atoms with E-state index < -0.39 is 0 Å². The zero-order valence-corrected chi connectivity index (χ0v) is 14.9. The molecule has 6 rings (SSSR count). The average Bonchev–Trinajstić information content (AvgIpc) is 3.39. The summed E-state index contributed by atoms with van der Waals surface area (Å²) in [6.07, 6.45) is 2.63. The minimum atomic E-state index is -0.293. The molecule has 2 aromatic carbocycles. The summed E-state index contributed by atoms with van der Waals surface area (Å²) < 4.78 is 29.2. The van der Waals surface area contributed by atoms with Gasteiger partial charge in [-0.05, 0) is 61.4 Å². The number of aryl methyl sites for hydroxylation is 2. The van der Waals surface area contributed by atoms with Gasteiger partial charge in [0.15, 0.2) is 0 Å². The SMILES string of the molecule is O=C1CCc2cc3ccc(F)cc3n21.O=C1CCc2cc3ccc(F)cc3n21. The predicted molar refractivity (Wildman–Crippen MR) is 102 cm³/mol. The minimum absolute atomic E-state index is 0.0700. The smallest absolute Gasteiger partial charge is 0.231 e. The van der Waals surface area contributed by atoms with Gasteiger partial charge >= 0.3 is 0 Å². The van der Waals surface area contributed by atoms with Gasteiger partial charge in [0.25, 0.3) is 0 Å². The highest BCUT2D eigenvalue weighted by molar-refractivity contribution is 5.96. The molecule has 0 fully saturated rings. The summed E-state index contributed by atoms with van der Waals surface area (Å²) in [4.78, 5) is 23.0. The molecule has 2 aliphatic heterocycles. The maximum absolute atomic E-state index is 13.0. The Kier molecular flexibility index (Phi) is 3.69. The van der Waals surface area contributed by atoms with Gasteiger partial charge in [-0.2, -0.15) is 0 Å². The molecule has 2 aromatic heterocycles. The fourth-order valence-electron chi connectivity index (χ4n) is 4.11. The molecular weight excluding hydrogens is 362 g/mol. The third kappa shape index (κ3) is 2.56. The third-order valence-electron chi connectivity index (χ3n) is 5.37. The molecule has 0 spiro atoms. The number of hydrogen-bond acceptors (Lipinski definition) is 2. The van der Waals surface area contributed by atoms with Crippen molar-refractivity contribution in [1.82, 2.24) is 9.13 Å². The van der Waals surface area contributed by atoms with E-state index in [9.17, 15) is 18.4 Å². The number of rotatable bonds is 0. The van der Waals surface area contributed by atoms with Gasteiger partial charge in [-0.1, -0.05) is 0 Å². The van der Waals surface area contributed by atoms with Crippen LogP contribution in [0.1, 0.15) is 33.8 Å². The molecule has 4 aromatic rings. The number of carbonyl (C=O) groups is 2. The summed E-state index contributed by atoms with van der Waals surface area (Å²) in [5.41, 5.74) is 3.39. The molecule has 0 aliphatic carbocycles. The van der Waals surface area contributed by atoms with Crippen molar-refractivity contribution < 1.29 is 18.4 Å². The highest BCUT2D eigenvalue weighted by Gasteiger charge is 2.22. The highest BCUT2D eigenvalue weighted by Crippen LogP contribution is 2.27. The third-order valence-corrected chi connectivity index (χ3v) is 5.37. The Bertz CT molecular complexity index is 1180. The Morgan fingerprint density at radius 2 is 1.04 bits per heavy atom. The van der Waals surface area contributed by atoms with Crippen molar-refractivity contribution in [1.29, 1.82) is 0 Å². The first-order valence-corrected chi connectivity index (χ1v) is 9.17. The summed E-state index contributed by atoms with van der Waals surface area (Å²) in [7, 11) is 0. The van der Waals surface area contributed by atoms with Crippen LogP contribution >= 0.6 is 0 Å². The molecule has 0 N–H and O–H groups in total. The summed E-state index contributed by atoms with van der Waals surface area (Å²) >= 11 is 0. The zero-order chi connectivity index (χ0) is 19.4. The van der Waals surface area contributed by atoms with E-state index in [1.165, 1.54) is 24.3 Å². The van der Waals surface area contributed by atoms with E-state index in [2.05, 4.69) is 0 Å². The molecule has 4 heterocycles. The normalized spacial score (nSPS) is 15.1. The van der Waals surface area contributed by atoms with E-state index >= 15 is 0 Å².